The monoisotopic (exact) mass is 268 g/mol. The molecule has 0 aliphatic carbocycles. The van der Waals surface area contributed by atoms with Crippen LogP contribution in [0.4, 0.5) is 11.4 Å². The topological polar surface area (TPSA) is 74.7 Å². The summed E-state index contributed by atoms with van der Waals surface area (Å²) in [5, 5.41) is 11.8. The number of oxime groups is 1. The van der Waals surface area contributed by atoms with Crippen molar-refractivity contribution in [1.29, 1.82) is 0 Å². The summed E-state index contributed by atoms with van der Waals surface area (Å²) in [5.41, 5.74) is 9.66. The van der Waals surface area contributed by atoms with E-state index >= 15 is 0 Å². The fraction of sp³-hybridized carbons (Fsp3) is 0.200. The van der Waals surface area contributed by atoms with Gasteiger partial charge in [-0.3, -0.25) is 4.98 Å². The highest BCUT2D eigenvalue weighted by Gasteiger charge is 2.18. The number of aromatic nitrogens is 1. The molecule has 0 saturated heterocycles. The molecule has 3 rings (SSSR count). The predicted molar refractivity (Wildman–Crippen MR) is 78.5 cm³/mol. The molecule has 0 radical (unpaired) electrons. The van der Waals surface area contributed by atoms with Crippen molar-refractivity contribution in [3.63, 3.8) is 0 Å². The standard InChI is InChI=1S/C15H16N4O/c16-15(18-20)13-10-12(7-8-17-13)19-9-3-5-11-4-1-2-6-14(11)19/h1-2,4,6-8,10,20H,3,5,9H2,(H2,16,18). The van der Waals surface area contributed by atoms with Crippen LogP contribution in [0.1, 0.15) is 17.7 Å². The second kappa shape index (κ2) is 5.21. The molecule has 1 aliphatic rings. The van der Waals surface area contributed by atoms with Gasteiger partial charge < -0.3 is 15.8 Å². The molecule has 1 aliphatic heterocycles. The van der Waals surface area contributed by atoms with E-state index in [1.54, 1.807) is 6.20 Å². The summed E-state index contributed by atoms with van der Waals surface area (Å²) in [6.45, 7) is 0.955. The van der Waals surface area contributed by atoms with E-state index < -0.39 is 0 Å². The average molecular weight is 268 g/mol. The Morgan fingerprint density at radius 1 is 1.30 bits per heavy atom. The van der Waals surface area contributed by atoms with Crippen molar-refractivity contribution in [2.24, 2.45) is 10.9 Å². The van der Waals surface area contributed by atoms with Gasteiger partial charge in [0.15, 0.2) is 5.84 Å². The van der Waals surface area contributed by atoms with Crippen molar-refractivity contribution in [3.8, 4) is 0 Å². The lowest BCUT2D eigenvalue weighted by atomic mass is 10.0. The maximum Gasteiger partial charge on any atom is 0.188 e. The third kappa shape index (κ3) is 2.18. The van der Waals surface area contributed by atoms with E-state index in [4.69, 9.17) is 10.9 Å². The van der Waals surface area contributed by atoms with Crippen molar-refractivity contribution in [2.45, 2.75) is 12.8 Å². The minimum absolute atomic E-state index is 0.0251. The fourth-order valence-electron chi connectivity index (χ4n) is 2.58. The molecule has 0 saturated carbocycles. The molecule has 5 heteroatoms. The van der Waals surface area contributed by atoms with Crippen molar-refractivity contribution < 1.29 is 5.21 Å². The number of aryl methyl sites for hydroxylation is 1. The van der Waals surface area contributed by atoms with Crippen molar-refractivity contribution >= 4 is 17.2 Å². The lowest BCUT2D eigenvalue weighted by Crippen LogP contribution is -2.25. The van der Waals surface area contributed by atoms with Crippen LogP contribution in [0.15, 0.2) is 47.8 Å². The lowest BCUT2D eigenvalue weighted by molar-refractivity contribution is 0.318. The first-order valence-electron chi connectivity index (χ1n) is 6.59. The first kappa shape index (κ1) is 12.5. The highest BCUT2D eigenvalue weighted by molar-refractivity contribution is 5.96. The molecule has 0 bridgehead atoms. The molecule has 5 nitrogen and oxygen atoms in total. The van der Waals surface area contributed by atoms with Gasteiger partial charge in [0.1, 0.15) is 5.69 Å². The first-order chi connectivity index (χ1) is 9.79. The number of rotatable bonds is 2. The number of pyridine rings is 1. The van der Waals surface area contributed by atoms with Gasteiger partial charge in [0.05, 0.1) is 0 Å². The Hall–Kier alpha value is -2.56. The lowest BCUT2D eigenvalue weighted by Gasteiger charge is -2.31. The van der Waals surface area contributed by atoms with E-state index in [2.05, 4.69) is 33.2 Å². The minimum atomic E-state index is 0.0251. The Morgan fingerprint density at radius 3 is 3.00 bits per heavy atom. The zero-order chi connectivity index (χ0) is 13.9. The summed E-state index contributed by atoms with van der Waals surface area (Å²) in [5.74, 6) is 0.0251. The highest BCUT2D eigenvalue weighted by atomic mass is 16.4. The molecule has 0 fully saturated rings. The molecule has 1 aromatic heterocycles. The molecule has 0 amide bonds. The van der Waals surface area contributed by atoms with E-state index in [1.165, 1.54) is 11.3 Å². The number of amidine groups is 1. The summed E-state index contributed by atoms with van der Waals surface area (Å²) >= 11 is 0. The zero-order valence-corrected chi connectivity index (χ0v) is 11.0. The maximum atomic E-state index is 8.76. The number of anilines is 2. The highest BCUT2D eigenvalue weighted by Crippen LogP contribution is 2.33. The van der Waals surface area contributed by atoms with E-state index in [1.807, 2.05) is 18.2 Å². The van der Waals surface area contributed by atoms with Gasteiger partial charge in [-0.2, -0.15) is 0 Å². The molecule has 1 aromatic carbocycles. The summed E-state index contributed by atoms with van der Waals surface area (Å²) < 4.78 is 0. The van der Waals surface area contributed by atoms with E-state index in [9.17, 15) is 0 Å². The van der Waals surface area contributed by atoms with Crippen LogP contribution in [0.5, 0.6) is 0 Å². The van der Waals surface area contributed by atoms with Gasteiger partial charge >= 0.3 is 0 Å². The van der Waals surface area contributed by atoms with Crippen LogP contribution in [0, 0.1) is 0 Å². The molecule has 0 spiro atoms. The normalized spacial score (nSPS) is 15.0. The maximum absolute atomic E-state index is 8.76. The molecular weight excluding hydrogens is 252 g/mol. The largest absolute Gasteiger partial charge is 0.409 e. The van der Waals surface area contributed by atoms with Crippen molar-refractivity contribution in [1.82, 2.24) is 4.98 Å². The van der Waals surface area contributed by atoms with Crippen LogP contribution in [-0.2, 0) is 6.42 Å². The van der Waals surface area contributed by atoms with Gasteiger partial charge in [-0.15, -0.1) is 0 Å². The van der Waals surface area contributed by atoms with Crippen LogP contribution in [-0.4, -0.2) is 22.6 Å². The van der Waals surface area contributed by atoms with Crippen molar-refractivity contribution in [3.05, 3.63) is 53.9 Å². The van der Waals surface area contributed by atoms with E-state index in [0.29, 0.717) is 5.69 Å². The predicted octanol–water partition coefficient (Wildman–Crippen LogP) is 2.26. The zero-order valence-electron chi connectivity index (χ0n) is 11.0. The Balaban J connectivity index is 2.02. The number of nitrogens with zero attached hydrogens (tertiary/aromatic N) is 3. The number of hydrogen-bond acceptors (Lipinski definition) is 4. The van der Waals surface area contributed by atoms with Crippen LogP contribution >= 0.6 is 0 Å². The first-order valence-corrected chi connectivity index (χ1v) is 6.59. The smallest absolute Gasteiger partial charge is 0.188 e. The summed E-state index contributed by atoms with van der Waals surface area (Å²) in [6, 6.07) is 12.2. The molecule has 102 valence electrons. The molecule has 2 heterocycles. The van der Waals surface area contributed by atoms with Crippen LogP contribution in [0.3, 0.4) is 0 Å². The quantitative estimate of drug-likeness (QED) is 0.379. The minimum Gasteiger partial charge on any atom is -0.409 e. The molecule has 0 unspecified atom stereocenters. The number of fused-ring (bicyclic) bond motifs is 1. The Kier molecular flexibility index (Phi) is 3.25. The Labute approximate surface area is 117 Å². The molecule has 20 heavy (non-hydrogen) atoms. The van der Waals surface area contributed by atoms with Gasteiger partial charge in [0.2, 0.25) is 0 Å². The van der Waals surface area contributed by atoms with Crippen LogP contribution in [0.2, 0.25) is 0 Å². The third-order valence-electron chi connectivity index (χ3n) is 3.54. The Bertz CT molecular complexity index is 654. The summed E-state index contributed by atoms with van der Waals surface area (Å²) in [4.78, 5) is 6.36. The molecule has 0 atom stereocenters. The van der Waals surface area contributed by atoms with Crippen LogP contribution < -0.4 is 10.6 Å². The third-order valence-corrected chi connectivity index (χ3v) is 3.54. The molecule has 2 aromatic rings. The molecular formula is C15H16N4O. The number of hydrogen-bond donors (Lipinski definition) is 2. The second-order valence-electron chi connectivity index (χ2n) is 4.77. The Morgan fingerprint density at radius 2 is 2.15 bits per heavy atom. The molecule has 3 N–H and O–H groups in total. The summed E-state index contributed by atoms with van der Waals surface area (Å²) in [6.07, 6.45) is 3.89. The van der Waals surface area contributed by atoms with Gasteiger partial charge in [-0.25, -0.2) is 0 Å². The van der Waals surface area contributed by atoms with Gasteiger partial charge in [0.25, 0.3) is 0 Å². The second-order valence-corrected chi connectivity index (χ2v) is 4.77. The van der Waals surface area contributed by atoms with Gasteiger partial charge in [0, 0.05) is 24.1 Å². The number of benzene rings is 1. The van der Waals surface area contributed by atoms with Crippen LogP contribution in [0.25, 0.3) is 0 Å². The van der Waals surface area contributed by atoms with E-state index in [0.717, 1.165) is 25.1 Å². The van der Waals surface area contributed by atoms with Crippen molar-refractivity contribution in [2.75, 3.05) is 11.4 Å². The number of para-hydroxylation sites is 1. The van der Waals surface area contributed by atoms with E-state index in [-0.39, 0.29) is 5.84 Å². The SMILES string of the molecule is NC(=NO)c1cc(N2CCCc3ccccc32)ccn1. The summed E-state index contributed by atoms with van der Waals surface area (Å²) in [7, 11) is 0. The fourth-order valence-corrected chi connectivity index (χ4v) is 2.58. The van der Waals surface area contributed by atoms with Gasteiger partial charge in [-0.05, 0) is 36.6 Å². The van der Waals surface area contributed by atoms with Gasteiger partial charge in [-0.1, -0.05) is 23.4 Å². The number of nitrogens with two attached hydrogens (primary N) is 1. The average Bonchev–Trinajstić information content (AvgIpc) is 2.53.